The summed E-state index contributed by atoms with van der Waals surface area (Å²) in [5.74, 6) is -0.104. The van der Waals surface area contributed by atoms with Gasteiger partial charge in [0.05, 0.1) is 0 Å². The van der Waals surface area contributed by atoms with Crippen LogP contribution in [0.1, 0.15) is 22.3 Å². The highest BCUT2D eigenvalue weighted by molar-refractivity contribution is 5.94. The second-order valence-corrected chi connectivity index (χ2v) is 7.10. The predicted octanol–water partition coefficient (Wildman–Crippen LogP) is 1.84. The zero-order valence-electron chi connectivity index (χ0n) is 17.1. The van der Waals surface area contributed by atoms with Gasteiger partial charge in [-0.25, -0.2) is 13.8 Å². The second-order valence-electron chi connectivity index (χ2n) is 7.10. The zero-order valence-corrected chi connectivity index (χ0v) is 17.1. The number of nitrogens with zero attached hydrogens (tertiary/aromatic N) is 3. The Kier molecular flexibility index (Phi) is 7.16. The summed E-state index contributed by atoms with van der Waals surface area (Å²) in [6, 6.07) is 7.48. The molecule has 7 nitrogen and oxygen atoms in total. The number of aliphatic imine (C=N–C) groups is 1. The van der Waals surface area contributed by atoms with Crippen LogP contribution in [0, 0.1) is 18.6 Å². The van der Waals surface area contributed by atoms with Crippen LogP contribution >= 0.6 is 0 Å². The number of anilines is 1. The molecule has 9 heteroatoms. The van der Waals surface area contributed by atoms with Gasteiger partial charge >= 0.3 is 0 Å². The molecule has 1 saturated heterocycles. The van der Waals surface area contributed by atoms with Crippen molar-refractivity contribution in [3.63, 3.8) is 0 Å². The fourth-order valence-corrected chi connectivity index (χ4v) is 3.26. The third-order valence-corrected chi connectivity index (χ3v) is 4.93. The highest BCUT2D eigenvalue weighted by atomic mass is 19.1. The molecule has 2 heterocycles. The fourth-order valence-electron chi connectivity index (χ4n) is 3.26. The molecule has 3 N–H and O–H groups in total. The van der Waals surface area contributed by atoms with Gasteiger partial charge in [0.25, 0.3) is 5.91 Å². The number of hydrogen-bond acceptors (Lipinski definition) is 4. The molecule has 0 bridgehead atoms. The summed E-state index contributed by atoms with van der Waals surface area (Å²) < 4.78 is 27.5. The van der Waals surface area contributed by atoms with Crippen LogP contribution in [-0.4, -0.2) is 56.1 Å². The zero-order chi connectivity index (χ0) is 21.5. The van der Waals surface area contributed by atoms with E-state index in [9.17, 15) is 13.6 Å². The number of hydrogen-bond donors (Lipinski definition) is 3. The number of halogens is 2. The van der Waals surface area contributed by atoms with Gasteiger partial charge in [-0.05, 0) is 43.2 Å². The third-order valence-electron chi connectivity index (χ3n) is 4.93. The van der Waals surface area contributed by atoms with Crippen molar-refractivity contribution >= 4 is 17.7 Å². The smallest absolute Gasteiger partial charge is 0.251 e. The summed E-state index contributed by atoms with van der Waals surface area (Å²) >= 11 is 0. The Hall–Kier alpha value is -3.23. The fraction of sp³-hybridized carbons (Fsp3) is 0.381. The van der Waals surface area contributed by atoms with Crippen LogP contribution in [0.5, 0.6) is 0 Å². The highest BCUT2D eigenvalue weighted by Gasteiger charge is 2.25. The minimum Gasteiger partial charge on any atom is -0.355 e. The van der Waals surface area contributed by atoms with E-state index in [0.29, 0.717) is 43.5 Å². The maximum atomic E-state index is 13.9. The molecule has 30 heavy (non-hydrogen) atoms. The molecule has 0 spiro atoms. The molecule has 2 aromatic rings. The molecule has 0 radical (unpaired) electrons. The number of carbonyl (C=O) groups excluding carboxylic acids is 1. The summed E-state index contributed by atoms with van der Waals surface area (Å²) in [5.41, 5.74) is 0.785. The second kappa shape index (κ2) is 10.00. The van der Waals surface area contributed by atoms with Gasteiger partial charge in [0.15, 0.2) is 17.6 Å². The monoisotopic (exact) mass is 416 g/mol. The van der Waals surface area contributed by atoms with Gasteiger partial charge in [-0.3, -0.25) is 9.79 Å². The number of rotatable bonds is 6. The maximum absolute atomic E-state index is 13.9. The highest BCUT2D eigenvalue weighted by Crippen LogP contribution is 2.20. The molecule has 1 aliphatic heterocycles. The van der Waals surface area contributed by atoms with Crippen molar-refractivity contribution in [2.75, 3.05) is 38.1 Å². The standard InChI is InChI=1S/C21H26F2N6O/c1-14-5-6-15(12-18(14)23)20(30)26-9-10-27-21(24-2)28-16-7-11-29(13-16)19-17(22)4-3-8-25-19/h3-6,8,12,16H,7,9-11,13H2,1-2H3,(H,26,30)(H2,24,27,28). The lowest BCUT2D eigenvalue weighted by atomic mass is 10.1. The van der Waals surface area contributed by atoms with E-state index in [4.69, 9.17) is 0 Å². The van der Waals surface area contributed by atoms with Crippen LogP contribution in [0.3, 0.4) is 0 Å². The first-order valence-electron chi connectivity index (χ1n) is 9.85. The van der Waals surface area contributed by atoms with Crippen LogP contribution in [0.4, 0.5) is 14.6 Å². The third kappa shape index (κ3) is 5.43. The van der Waals surface area contributed by atoms with Crippen molar-refractivity contribution in [1.29, 1.82) is 0 Å². The number of nitrogens with one attached hydrogen (secondary N) is 3. The average Bonchev–Trinajstić information content (AvgIpc) is 3.20. The van der Waals surface area contributed by atoms with Gasteiger partial charge in [-0.1, -0.05) is 6.07 Å². The Bertz CT molecular complexity index is 920. The Labute approximate surface area is 174 Å². The molecular formula is C21H26F2N6O. The largest absolute Gasteiger partial charge is 0.355 e. The van der Waals surface area contributed by atoms with E-state index >= 15 is 0 Å². The van der Waals surface area contributed by atoms with Gasteiger partial charge in [0, 0.05) is 51.0 Å². The molecular weight excluding hydrogens is 390 g/mol. The van der Waals surface area contributed by atoms with Gasteiger partial charge in [0.2, 0.25) is 0 Å². The lowest BCUT2D eigenvalue weighted by molar-refractivity contribution is 0.0954. The lowest BCUT2D eigenvalue weighted by Crippen LogP contribution is -2.46. The number of carbonyl (C=O) groups is 1. The van der Waals surface area contributed by atoms with Crippen molar-refractivity contribution in [2.24, 2.45) is 4.99 Å². The van der Waals surface area contributed by atoms with E-state index < -0.39 is 5.82 Å². The number of benzene rings is 1. The Morgan fingerprint density at radius 3 is 2.77 bits per heavy atom. The van der Waals surface area contributed by atoms with E-state index in [1.54, 1.807) is 38.4 Å². The van der Waals surface area contributed by atoms with Gasteiger partial charge < -0.3 is 20.9 Å². The van der Waals surface area contributed by atoms with Crippen molar-refractivity contribution in [2.45, 2.75) is 19.4 Å². The van der Waals surface area contributed by atoms with Crippen LogP contribution in [-0.2, 0) is 0 Å². The molecule has 1 atom stereocenters. The summed E-state index contributed by atoms with van der Waals surface area (Å²) in [5, 5.41) is 9.18. The molecule has 1 unspecified atom stereocenters. The molecule has 3 rings (SSSR count). The molecule has 1 aliphatic rings. The average molecular weight is 416 g/mol. The van der Waals surface area contributed by atoms with Crippen LogP contribution in [0.25, 0.3) is 0 Å². The van der Waals surface area contributed by atoms with E-state index in [0.717, 1.165) is 6.42 Å². The van der Waals surface area contributed by atoms with E-state index in [1.165, 1.54) is 12.1 Å². The summed E-state index contributed by atoms with van der Waals surface area (Å²) in [6.45, 7) is 3.77. The van der Waals surface area contributed by atoms with Gasteiger partial charge in [-0.2, -0.15) is 0 Å². The quantitative estimate of drug-likeness (QED) is 0.380. The first kappa shape index (κ1) is 21.5. The summed E-state index contributed by atoms with van der Waals surface area (Å²) in [7, 11) is 1.66. The van der Waals surface area contributed by atoms with Crippen LogP contribution < -0.4 is 20.9 Å². The van der Waals surface area contributed by atoms with Crippen molar-refractivity contribution in [1.82, 2.24) is 20.9 Å². The molecule has 1 aromatic heterocycles. The first-order valence-corrected chi connectivity index (χ1v) is 9.85. The van der Waals surface area contributed by atoms with Crippen LogP contribution in [0.2, 0.25) is 0 Å². The van der Waals surface area contributed by atoms with E-state index in [-0.39, 0.29) is 23.3 Å². The minimum absolute atomic E-state index is 0.0998. The van der Waals surface area contributed by atoms with Crippen molar-refractivity contribution in [3.8, 4) is 0 Å². The van der Waals surface area contributed by atoms with Gasteiger partial charge in [-0.15, -0.1) is 0 Å². The number of aryl methyl sites for hydroxylation is 1. The SMILES string of the molecule is CN=C(NCCNC(=O)c1ccc(C)c(F)c1)NC1CCN(c2ncccc2F)C1. The van der Waals surface area contributed by atoms with Crippen LogP contribution in [0.15, 0.2) is 41.5 Å². The number of amides is 1. The van der Waals surface area contributed by atoms with E-state index in [2.05, 4.69) is 25.9 Å². The lowest BCUT2D eigenvalue weighted by Gasteiger charge is -2.20. The Morgan fingerprint density at radius 1 is 1.23 bits per heavy atom. The molecule has 0 saturated carbocycles. The molecule has 1 amide bonds. The topological polar surface area (TPSA) is 81.6 Å². The summed E-state index contributed by atoms with van der Waals surface area (Å²) in [6.07, 6.45) is 2.41. The minimum atomic E-state index is -0.401. The summed E-state index contributed by atoms with van der Waals surface area (Å²) in [4.78, 5) is 22.3. The van der Waals surface area contributed by atoms with Gasteiger partial charge in [0.1, 0.15) is 5.82 Å². The molecule has 0 aliphatic carbocycles. The Morgan fingerprint density at radius 2 is 2.03 bits per heavy atom. The number of aromatic nitrogens is 1. The van der Waals surface area contributed by atoms with E-state index in [1.807, 2.05) is 4.90 Å². The molecule has 1 fully saturated rings. The molecule has 1 aromatic carbocycles. The number of guanidine groups is 1. The first-order chi connectivity index (χ1) is 14.5. The van der Waals surface area contributed by atoms with Crippen molar-refractivity contribution < 1.29 is 13.6 Å². The normalized spacial score (nSPS) is 16.5. The Balaban J connectivity index is 1.41. The van der Waals surface area contributed by atoms with Crippen molar-refractivity contribution in [3.05, 3.63) is 59.3 Å². The maximum Gasteiger partial charge on any atom is 0.251 e. The predicted molar refractivity (Wildman–Crippen MR) is 113 cm³/mol. The number of pyridine rings is 1. The molecule has 160 valence electrons.